The smallest absolute Gasteiger partial charge is 0.343 e. The van der Waals surface area contributed by atoms with Gasteiger partial charge in [-0.15, -0.1) is 0 Å². The number of hydrogen-bond acceptors (Lipinski definition) is 8. The van der Waals surface area contributed by atoms with E-state index in [0.717, 1.165) is 25.9 Å². The summed E-state index contributed by atoms with van der Waals surface area (Å²) in [5, 5.41) is 22.7. The Kier molecular flexibility index (Phi) is 6.94. The van der Waals surface area contributed by atoms with E-state index in [-0.39, 0.29) is 34.5 Å². The number of ether oxygens (including phenoxy) is 1. The first-order valence-corrected chi connectivity index (χ1v) is 10.2. The summed E-state index contributed by atoms with van der Waals surface area (Å²) >= 11 is 6.40. The third kappa shape index (κ3) is 5.09. The van der Waals surface area contributed by atoms with Crippen molar-refractivity contribution in [3.8, 4) is 0 Å². The molecule has 0 spiro atoms. The van der Waals surface area contributed by atoms with E-state index < -0.39 is 16.7 Å². The van der Waals surface area contributed by atoms with Crippen molar-refractivity contribution in [3.63, 3.8) is 0 Å². The molecule has 1 aliphatic heterocycles. The minimum atomic E-state index is -0.763. The topological polar surface area (TPSA) is 109 Å². The highest BCUT2D eigenvalue weighted by molar-refractivity contribution is 6.33. The first kappa shape index (κ1) is 22.0. The Balaban J connectivity index is 2.04. The van der Waals surface area contributed by atoms with Gasteiger partial charge >= 0.3 is 5.97 Å². The molecule has 2 aliphatic rings. The summed E-state index contributed by atoms with van der Waals surface area (Å²) in [6, 6.07) is 2.79. The number of rotatable bonds is 7. The Morgan fingerprint density at radius 3 is 2.60 bits per heavy atom. The normalized spacial score (nSPS) is 18.4. The number of nitrogens with zero attached hydrogens (tertiary/aromatic N) is 4. The molecule has 162 valence electrons. The summed E-state index contributed by atoms with van der Waals surface area (Å²) in [5.41, 5.74) is 0.0191. The Hall–Kier alpha value is -2.65. The molecule has 0 radical (unpaired) electrons. The molecule has 0 amide bonds. The zero-order valence-corrected chi connectivity index (χ0v) is 17.8. The van der Waals surface area contributed by atoms with E-state index in [2.05, 4.69) is 9.89 Å². The van der Waals surface area contributed by atoms with Crippen molar-refractivity contribution in [2.24, 2.45) is 4.99 Å². The first-order valence-electron chi connectivity index (χ1n) is 9.87. The molecule has 3 rings (SSSR count). The second-order valence-electron chi connectivity index (χ2n) is 7.36. The van der Waals surface area contributed by atoms with Gasteiger partial charge in [0.05, 0.1) is 22.6 Å². The minimum absolute atomic E-state index is 0.00783. The molecule has 1 heterocycles. The lowest BCUT2D eigenvalue weighted by atomic mass is 10.1. The Morgan fingerprint density at radius 1 is 1.37 bits per heavy atom. The van der Waals surface area contributed by atoms with E-state index in [9.17, 15) is 20.0 Å². The molecule has 2 fully saturated rings. The number of nitro benzene ring substituents is 1. The third-order valence-electron chi connectivity index (χ3n) is 5.07. The number of carbonyl (C=O) groups excluding carboxylic acids is 1. The van der Waals surface area contributed by atoms with Gasteiger partial charge in [0, 0.05) is 44.0 Å². The molecule has 10 heteroatoms. The van der Waals surface area contributed by atoms with E-state index in [4.69, 9.17) is 16.3 Å². The van der Waals surface area contributed by atoms with E-state index in [1.165, 1.54) is 18.3 Å². The molecular weight excluding hydrogens is 412 g/mol. The fourth-order valence-electron chi connectivity index (χ4n) is 3.15. The van der Waals surface area contributed by atoms with Gasteiger partial charge < -0.3 is 19.6 Å². The number of carbonyl (C=O) groups is 1. The van der Waals surface area contributed by atoms with Crippen molar-refractivity contribution in [1.29, 1.82) is 0 Å². The summed E-state index contributed by atoms with van der Waals surface area (Å²) in [6.07, 6.45) is 3.10. The molecule has 1 N–H and O–H groups in total. The van der Waals surface area contributed by atoms with Crippen LogP contribution in [0, 0.1) is 10.1 Å². The Bertz CT molecular complexity index is 889. The first-order chi connectivity index (χ1) is 14.3. The van der Waals surface area contributed by atoms with Gasteiger partial charge in [0.1, 0.15) is 17.0 Å². The summed E-state index contributed by atoms with van der Waals surface area (Å²) < 4.78 is 5.01. The second-order valence-corrected chi connectivity index (χ2v) is 7.77. The number of anilines is 1. The van der Waals surface area contributed by atoms with Gasteiger partial charge in [-0.3, -0.25) is 15.1 Å². The van der Waals surface area contributed by atoms with Crippen LogP contribution in [0.1, 0.15) is 25.3 Å². The van der Waals surface area contributed by atoms with Crippen LogP contribution in [0.5, 0.6) is 0 Å². The lowest BCUT2D eigenvalue weighted by molar-refractivity contribution is -0.384. The highest BCUT2D eigenvalue weighted by atomic mass is 35.5. The lowest BCUT2D eigenvalue weighted by Crippen LogP contribution is -2.44. The van der Waals surface area contributed by atoms with Gasteiger partial charge in [-0.25, -0.2) is 4.79 Å². The molecule has 0 unspecified atom stereocenters. The SMILES string of the molecule is CCOC(=O)/C(C=NC1CC1)=C(\O)c1cc([N+](=O)[O-])c(N2CCN(C)CC2)cc1Cl. The number of aliphatic imine (C=N–C) groups is 1. The van der Waals surface area contributed by atoms with Crippen LogP contribution in [0.2, 0.25) is 5.02 Å². The standard InChI is InChI=1S/C20H25ClN4O5/c1-3-30-20(27)15(12-22-13-4-5-13)19(26)14-10-18(25(28)29)17(11-16(14)21)24-8-6-23(2)7-9-24/h10-13,26H,3-9H2,1-2H3/b19-15-,22-12?. The summed E-state index contributed by atoms with van der Waals surface area (Å²) in [4.78, 5) is 31.9. The Morgan fingerprint density at radius 2 is 2.03 bits per heavy atom. The highest BCUT2D eigenvalue weighted by Gasteiger charge is 2.28. The van der Waals surface area contributed by atoms with Crippen LogP contribution in [0.4, 0.5) is 11.4 Å². The highest BCUT2D eigenvalue weighted by Crippen LogP contribution is 2.37. The van der Waals surface area contributed by atoms with Gasteiger partial charge in [0.2, 0.25) is 0 Å². The maximum Gasteiger partial charge on any atom is 0.343 e. The quantitative estimate of drug-likeness (QED) is 0.175. The van der Waals surface area contributed by atoms with Crippen LogP contribution < -0.4 is 4.90 Å². The summed E-state index contributed by atoms with van der Waals surface area (Å²) in [6.45, 7) is 4.54. The number of likely N-dealkylation sites (N-methyl/N-ethyl adjacent to an activating group) is 1. The molecule has 0 atom stereocenters. The molecule has 1 aromatic rings. The second kappa shape index (κ2) is 9.44. The van der Waals surface area contributed by atoms with Crippen molar-refractivity contribution < 1.29 is 19.6 Å². The van der Waals surface area contributed by atoms with Crippen LogP contribution in [0.3, 0.4) is 0 Å². The number of hydrogen-bond donors (Lipinski definition) is 1. The van der Waals surface area contributed by atoms with Crippen molar-refractivity contribution in [1.82, 2.24) is 4.90 Å². The molecular formula is C20H25ClN4O5. The van der Waals surface area contributed by atoms with Crippen molar-refractivity contribution >= 4 is 40.9 Å². The monoisotopic (exact) mass is 436 g/mol. The number of halogens is 1. The van der Waals surface area contributed by atoms with E-state index in [1.54, 1.807) is 6.92 Å². The predicted molar refractivity (Wildman–Crippen MR) is 116 cm³/mol. The molecule has 30 heavy (non-hydrogen) atoms. The molecule has 0 bridgehead atoms. The number of aliphatic hydroxyl groups is 1. The van der Waals surface area contributed by atoms with Crippen LogP contribution in [-0.2, 0) is 9.53 Å². The zero-order chi connectivity index (χ0) is 21.8. The van der Waals surface area contributed by atoms with E-state index in [0.29, 0.717) is 18.8 Å². The van der Waals surface area contributed by atoms with Gasteiger partial charge in [0.25, 0.3) is 5.69 Å². The van der Waals surface area contributed by atoms with Crippen LogP contribution in [0.15, 0.2) is 22.7 Å². The average molecular weight is 437 g/mol. The number of nitro groups is 1. The summed E-state index contributed by atoms with van der Waals surface area (Å²) in [5.74, 6) is -1.25. The number of benzene rings is 1. The van der Waals surface area contributed by atoms with Crippen LogP contribution >= 0.6 is 11.6 Å². The summed E-state index contributed by atoms with van der Waals surface area (Å²) in [7, 11) is 1.99. The molecule has 1 saturated carbocycles. The third-order valence-corrected chi connectivity index (χ3v) is 5.38. The van der Waals surface area contributed by atoms with Gasteiger partial charge in [-0.2, -0.15) is 0 Å². The maximum atomic E-state index is 12.3. The lowest BCUT2D eigenvalue weighted by Gasteiger charge is -2.33. The average Bonchev–Trinajstić information content (AvgIpc) is 3.53. The molecule has 1 saturated heterocycles. The zero-order valence-electron chi connectivity index (χ0n) is 17.0. The van der Waals surface area contributed by atoms with Gasteiger partial charge in [-0.1, -0.05) is 11.6 Å². The van der Waals surface area contributed by atoms with Crippen molar-refractivity contribution in [3.05, 3.63) is 38.4 Å². The molecule has 0 aromatic heterocycles. The Labute approximate surface area is 179 Å². The van der Waals surface area contributed by atoms with Crippen molar-refractivity contribution in [2.75, 3.05) is 44.7 Å². The van der Waals surface area contributed by atoms with Crippen molar-refractivity contribution in [2.45, 2.75) is 25.8 Å². The van der Waals surface area contributed by atoms with E-state index in [1.807, 2.05) is 11.9 Å². The molecule has 9 nitrogen and oxygen atoms in total. The number of aliphatic hydroxyl groups excluding tert-OH is 1. The number of esters is 1. The van der Waals surface area contributed by atoms with E-state index >= 15 is 0 Å². The molecule has 1 aromatic carbocycles. The largest absolute Gasteiger partial charge is 0.506 e. The minimum Gasteiger partial charge on any atom is -0.506 e. The maximum absolute atomic E-state index is 12.3. The molecule has 1 aliphatic carbocycles. The predicted octanol–water partition coefficient (Wildman–Crippen LogP) is 3.07. The fraction of sp³-hybridized carbons (Fsp3) is 0.500. The van der Waals surface area contributed by atoms with Gasteiger partial charge in [0.15, 0.2) is 0 Å². The van der Waals surface area contributed by atoms with Crippen LogP contribution in [-0.4, -0.2) is 73.0 Å². The fourth-order valence-corrected chi connectivity index (χ4v) is 3.40. The number of piperazine rings is 1. The van der Waals surface area contributed by atoms with Crippen LogP contribution in [0.25, 0.3) is 5.76 Å². The van der Waals surface area contributed by atoms with Gasteiger partial charge in [-0.05, 0) is 32.9 Å².